The molecule has 0 saturated carbocycles. The van der Waals surface area contributed by atoms with Gasteiger partial charge in [0.2, 0.25) is 0 Å². The van der Waals surface area contributed by atoms with Gasteiger partial charge in [-0.2, -0.15) is 0 Å². The summed E-state index contributed by atoms with van der Waals surface area (Å²) in [7, 11) is 5.09. The van der Waals surface area contributed by atoms with Gasteiger partial charge in [-0.15, -0.1) is 24.0 Å². The largest absolute Gasteiger partial charge is 0.494 e. The van der Waals surface area contributed by atoms with Crippen molar-refractivity contribution in [2.45, 2.75) is 26.8 Å². The first-order chi connectivity index (χ1) is 12.0. The van der Waals surface area contributed by atoms with Crippen molar-refractivity contribution >= 4 is 29.9 Å². The molecule has 6 nitrogen and oxygen atoms in total. The Morgan fingerprint density at radius 1 is 1.38 bits per heavy atom. The van der Waals surface area contributed by atoms with Gasteiger partial charge in [0.15, 0.2) is 17.5 Å². The number of hydrogen-bond acceptors (Lipinski definition) is 4. The number of aryl methyl sites for hydroxylation is 2. The van der Waals surface area contributed by atoms with Gasteiger partial charge in [-0.25, -0.2) is 4.39 Å². The van der Waals surface area contributed by atoms with Crippen molar-refractivity contribution in [2.24, 2.45) is 4.99 Å². The number of aromatic nitrogens is 1. The maximum Gasteiger partial charge on any atom is 0.193 e. The smallest absolute Gasteiger partial charge is 0.193 e. The van der Waals surface area contributed by atoms with Gasteiger partial charge in [0.05, 0.1) is 12.8 Å². The number of nitrogens with zero attached hydrogens (tertiary/aromatic N) is 3. The molecular formula is C18H26FIN4O2. The maximum atomic E-state index is 13.8. The van der Waals surface area contributed by atoms with E-state index >= 15 is 0 Å². The number of halogens is 2. The van der Waals surface area contributed by atoms with Crippen LogP contribution in [-0.4, -0.2) is 43.8 Å². The van der Waals surface area contributed by atoms with Crippen LogP contribution in [0.1, 0.15) is 22.6 Å². The van der Waals surface area contributed by atoms with Crippen LogP contribution in [-0.2, 0) is 13.0 Å². The van der Waals surface area contributed by atoms with E-state index in [-0.39, 0.29) is 35.5 Å². The van der Waals surface area contributed by atoms with E-state index in [1.165, 1.54) is 13.2 Å². The molecule has 0 aliphatic carbocycles. The van der Waals surface area contributed by atoms with Crippen LogP contribution in [0.2, 0.25) is 0 Å². The molecule has 0 spiro atoms. The fourth-order valence-electron chi connectivity index (χ4n) is 2.70. The van der Waals surface area contributed by atoms with Crippen LogP contribution in [0.15, 0.2) is 27.7 Å². The molecule has 144 valence electrons. The predicted octanol–water partition coefficient (Wildman–Crippen LogP) is 3.31. The van der Waals surface area contributed by atoms with Gasteiger partial charge in [-0.05, 0) is 38.0 Å². The van der Waals surface area contributed by atoms with Gasteiger partial charge in [0.1, 0.15) is 5.76 Å². The number of aliphatic imine (C=N–C) groups is 1. The molecule has 0 bridgehead atoms. The van der Waals surface area contributed by atoms with Crippen molar-refractivity contribution in [1.29, 1.82) is 0 Å². The van der Waals surface area contributed by atoms with E-state index in [9.17, 15) is 4.39 Å². The van der Waals surface area contributed by atoms with Crippen LogP contribution < -0.4 is 10.1 Å². The Labute approximate surface area is 170 Å². The number of rotatable bonds is 6. The summed E-state index contributed by atoms with van der Waals surface area (Å²) < 4.78 is 23.9. The highest BCUT2D eigenvalue weighted by Crippen LogP contribution is 2.18. The zero-order chi connectivity index (χ0) is 18.4. The minimum absolute atomic E-state index is 0. The van der Waals surface area contributed by atoms with E-state index in [0.29, 0.717) is 13.1 Å². The minimum Gasteiger partial charge on any atom is -0.494 e. The molecule has 8 heteroatoms. The Bertz CT molecular complexity index is 729. The first kappa shape index (κ1) is 22.2. The lowest BCUT2D eigenvalue weighted by atomic mass is 10.1. The number of methoxy groups -OCH3 is 1. The van der Waals surface area contributed by atoms with Crippen molar-refractivity contribution in [2.75, 3.05) is 27.7 Å². The average molecular weight is 476 g/mol. The molecule has 0 saturated heterocycles. The minimum atomic E-state index is -0.366. The van der Waals surface area contributed by atoms with Crippen molar-refractivity contribution in [3.63, 3.8) is 0 Å². The van der Waals surface area contributed by atoms with Crippen molar-refractivity contribution in [3.8, 4) is 5.75 Å². The summed E-state index contributed by atoms with van der Waals surface area (Å²) in [5.41, 5.74) is 2.87. The van der Waals surface area contributed by atoms with E-state index in [0.717, 1.165) is 35.0 Å². The molecule has 0 fully saturated rings. The Balaban J connectivity index is 0.00000338. The molecular weight excluding hydrogens is 450 g/mol. The molecule has 0 unspecified atom stereocenters. The molecule has 0 aliphatic rings. The van der Waals surface area contributed by atoms with E-state index in [1.54, 1.807) is 13.1 Å². The summed E-state index contributed by atoms with van der Waals surface area (Å²) in [4.78, 5) is 6.22. The molecule has 0 radical (unpaired) electrons. The Kier molecular flexibility index (Phi) is 8.83. The third kappa shape index (κ3) is 5.58. The summed E-state index contributed by atoms with van der Waals surface area (Å²) in [6.07, 6.45) is 0.797. The third-order valence-electron chi connectivity index (χ3n) is 4.05. The molecule has 2 aromatic rings. The molecule has 1 aromatic heterocycles. The van der Waals surface area contributed by atoms with E-state index in [1.807, 2.05) is 31.9 Å². The molecule has 0 amide bonds. The molecule has 0 atom stereocenters. The average Bonchev–Trinajstić information content (AvgIpc) is 2.90. The predicted molar refractivity (Wildman–Crippen MR) is 111 cm³/mol. The first-order valence-corrected chi connectivity index (χ1v) is 8.12. The molecule has 1 N–H and O–H groups in total. The second kappa shape index (κ2) is 10.3. The standard InChI is InChI=1S/C18H25FN4O2.HI/c1-12-15(13(2)25-22-12)8-9-21-18(20-3)23(4)11-14-6-7-17(24-5)16(19)10-14;/h6-7,10H,8-9,11H2,1-5H3,(H,20,21);1H. The zero-order valence-electron chi connectivity index (χ0n) is 15.8. The molecule has 1 aromatic carbocycles. The zero-order valence-corrected chi connectivity index (χ0v) is 18.1. The van der Waals surface area contributed by atoms with Crippen molar-refractivity contribution < 1.29 is 13.7 Å². The SMILES string of the molecule is CN=C(NCCc1c(C)noc1C)N(C)Cc1ccc(OC)c(F)c1.I. The Morgan fingerprint density at radius 3 is 2.65 bits per heavy atom. The number of hydrogen-bond donors (Lipinski definition) is 1. The van der Waals surface area contributed by atoms with Gasteiger partial charge < -0.3 is 19.5 Å². The Hall–Kier alpha value is -1.84. The monoisotopic (exact) mass is 476 g/mol. The van der Waals surface area contributed by atoms with E-state index in [2.05, 4.69) is 15.5 Å². The summed E-state index contributed by atoms with van der Waals surface area (Å²) in [5, 5.41) is 7.27. The molecule has 26 heavy (non-hydrogen) atoms. The summed E-state index contributed by atoms with van der Waals surface area (Å²) in [5.74, 6) is 1.46. The van der Waals surface area contributed by atoms with Gasteiger partial charge in [-0.1, -0.05) is 11.2 Å². The fraction of sp³-hybridized carbons (Fsp3) is 0.444. The van der Waals surface area contributed by atoms with Crippen LogP contribution in [0.5, 0.6) is 5.75 Å². The summed E-state index contributed by atoms with van der Waals surface area (Å²) in [6.45, 7) is 5.09. The number of nitrogens with one attached hydrogen (secondary N) is 1. The van der Waals surface area contributed by atoms with Crippen LogP contribution in [0, 0.1) is 19.7 Å². The summed E-state index contributed by atoms with van der Waals surface area (Å²) in [6, 6.07) is 4.95. The van der Waals surface area contributed by atoms with E-state index in [4.69, 9.17) is 9.26 Å². The highest BCUT2D eigenvalue weighted by molar-refractivity contribution is 14.0. The van der Waals surface area contributed by atoms with Gasteiger partial charge in [0, 0.05) is 32.7 Å². The van der Waals surface area contributed by atoms with E-state index < -0.39 is 0 Å². The second-order valence-electron chi connectivity index (χ2n) is 5.85. The van der Waals surface area contributed by atoms with Crippen LogP contribution in [0.25, 0.3) is 0 Å². The normalized spacial score (nSPS) is 11.1. The lowest BCUT2D eigenvalue weighted by Crippen LogP contribution is -2.39. The number of benzene rings is 1. The number of ether oxygens (including phenoxy) is 1. The quantitative estimate of drug-likeness (QED) is 0.394. The van der Waals surface area contributed by atoms with Gasteiger partial charge in [0.25, 0.3) is 0 Å². The Morgan fingerprint density at radius 2 is 2.12 bits per heavy atom. The topological polar surface area (TPSA) is 62.9 Å². The van der Waals surface area contributed by atoms with Crippen molar-refractivity contribution in [1.82, 2.24) is 15.4 Å². The summed E-state index contributed by atoms with van der Waals surface area (Å²) >= 11 is 0. The van der Waals surface area contributed by atoms with Crippen molar-refractivity contribution in [3.05, 3.63) is 46.6 Å². The lowest BCUT2D eigenvalue weighted by molar-refractivity contribution is 0.385. The third-order valence-corrected chi connectivity index (χ3v) is 4.05. The molecule has 2 rings (SSSR count). The second-order valence-corrected chi connectivity index (χ2v) is 5.85. The van der Waals surface area contributed by atoms with Crippen LogP contribution >= 0.6 is 24.0 Å². The maximum absolute atomic E-state index is 13.8. The highest BCUT2D eigenvalue weighted by Gasteiger charge is 2.11. The first-order valence-electron chi connectivity index (χ1n) is 8.12. The fourth-order valence-corrected chi connectivity index (χ4v) is 2.70. The molecule has 0 aliphatic heterocycles. The van der Waals surface area contributed by atoms with Gasteiger partial charge >= 0.3 is 0 Å². The van der Waals surface area contributed by atoms with Crippen LogP contribution in [0.4, 0.5) is 4.39 Å². The highest BCUT2D eigenvalue weighted by atomic mass is 127. The number of guanidine groups is 1. The molecule has 1 heterocycles. The van der Waals surface area contributed by atoms with Crippen LogP contribution in [0.3, 0.4) is 0 Å². The van der Waals surface area contributed by atoms with Gasteiger partial charge in [-0.3, -0.25) is 4.99 Å². The lowest BCUT2D eigenvalue weighted by Gasteiger charge is -2.22.